The monoisotopic (exact) mass is 278 g/mol. The highest BCUT2D eigenvalue weighted by atomic mass is 16.5. The first-order valence-electron chi connectivity index (χ1n) is 6.52. The summed E-state index contributed by atoms with van der Waals surface area (Å²) in [5.41, 5.74) is 2.03. The lowest BCUT2D eigenvalue weighted by molar-refractivity contribution is -0.309. The van der Waals surface area contributed by atoms with Crippen molar-refractivity contribution in [2.24, 2.45) is 5.92 Å². The molecule has 0 aliphatic rings. The number of aliphatic carboxylic acids is 1. The maximum atomic E-state index is 11.7. The maximum absolute atomic E-state index is 11.7. The number of aryl methyl sites for hydroxylation is 1. The molecule has 0 heterocycles. The van der Waals surface area contributed by atoms with Crippen LogP contribution in [0, 0.1) is 19.8 Å². The molecule has 0 aromatic heterocycles. The summed E-state index contributed by atoms with van der Waals surface area (Å²) in [7, 11) is 0. The molecule has 5 heteroatoms. The van der Waals surface area contributed by atoms with Gasteiger partial charge < -0.3 is 20.0 Å². The van der Waals surface area contributed by atoms with Crippen LogP contribution in [0.4, 0.5) is 0 Å². The van der Waals surface area contributed by atoms with Crippen molar-refractivity contribution in [3.05, 3.63) is 29.3 Å². The number of hydrogen-bond donors (Lipinski definition) is 1. The molecule has 1 rings (SSSR count). The Labute approximate surface area is 118 Å². The standard InChI is InChI=1S/C15H21NO4/c1-9(2)14(15(18)19)16-13(17)8-20-12-7-5-6-10(3)11(12)4/h5-7,9,14H,8H2,1-4H3,(H,16,17)(H,18,19)/p-1/t14-/m1/s1. The second kappa shape index (κ2) is 6.93. The third kappa shape index (κ3) is 4.26. The van der Waals surface area contributed by atoms with Crippen molar-refractivity contribution in [3.8, 4) is 5.75 Å². The molecule has 0 spiro atoms. The SMILES string of the molecule is Cc1cccc(OCC(=O)N[C@@H](C(=O)[O-])C(C)C)c1C. The minimum absolute atomic E-state index is 0.221. The quantitative estimate of drug-likeness (QED) is 0.825. The molecule has 1 N–H and O–H groups in total. The Bertz CT molecular complexity index is 497. The van der Waals surface area contributed by atoms with E-state index in [1.165, 1.54) is 0 Å². The van der Waals surface area contributed by atoms with Crippen molar-refractivity contribution in [2.45, 2.75) is 33.7 Å². The van der Waals surface area contributed by atoms with E-state index in [1.54, 1.807) is 19.9 Å². The smallest absolute Gasteiger partial charge is 0.258 e. The van der Waals surface area contributed by atoms with Gasteiger partial charge in [-0.1, -0.05) is 26.0 Å². The minimum Gasteiger partial charge on any atom is -0.548 e. The zero-order valence-electron chi connectivity index (χ0n) is 12.2. The van der Waals surface area contributed by atoms with E-state index in [9.17, 15) is 14.7 Å². The van der Waals surface area contributed by atoms with E-state index in [4.69, 9.17) is 4.74 Å². The number of amides is 1. The average molecular weight is 278 g/mol. The number of ether oxygens (including phenoxy) is 1. The first-order valence-corrected chi connectivity index (χ1v) is 6.52. The van der Waals surface area contributed by atoms with Crippen molar-refractivity contribution in [3.63, 3.8) is 0 Å². The molecule has 0 saturated heterocycles. The summed E-state index contributed by atoms with van der Waals surface area (Å²) in [5.74, 6) is -1.40. The summed E-state index contributed by atoms with van der Waals surface area (Å²) < 4.78 is 5.41. The molecule has 1 aromatic rings. The summed E-state index contributed by atoms with van der Waals surface area (Å²) in [5, 5.41) is 13.3. The van der Waals surface area contributed by atoms with Crippen LogP contribution in [-0.4, -0.2) is 24.5 Å². The summed E-state index contributed by atoms with van der Waals surface area (Å²) in [4.78, 5) is 22.6. The van der Waals surface area contributed by atoms with Crippen LogP contribution in [0.15, 0.2) is 18.2 Å². The zero-order valence-corrected chi connectivity index (χ0v) is 12.2. The molecule has 0 aliphatic carbocycles. The van der Waals surface area contributed by atoms with Crippen molar-refractivity contribution in [2.75, 3.05) is 6.61 Å². The fraction of sp³-hybridized carbons (Fsp3) is 0.467. The van der Waals surface area contributed by atoms with Crippen LogP contribution < -0.4 is 15.2 Å². The molecular weight excluding hydrogens is 258 g/mol. The predicted octanol–water partition coefficient (Wildman–Crippen LogP) is 0.573. The fourth-order valence-corrected chi connectivity index (χ4v) is 1.74. The van der Waals surface area contributed by atoms with E-state index in [0.717, 1.165) is 11.1 Å². The van der Waals surface area contributed by atoms with Crippen LogP contribution in [0.25, 0.3) is 0 Å². The van der Waals surface area contributed by atoms with Crippen LogP contribution in [-0.2, 0) is 9.59 Å². The van der Waals surface area contributed by atoms with Crippen molar-refractivity contribution in [1.29, 1.82) is 0 Å². The third-order valence-corrected chi connectivity index (χ3v) is 3.15. The Hall–Kier alpha value is -2.04. The van der Waals surface area contributed by atoms with Gasteiger partial charge in [-0.05, 0) is 37.0 Å². The van der Waals surface area contributed by atoms with Gasteiger partial charge in [0.15, 0.2) is 6.61 Å². The van der Waals surface area contributed by atoms with Gasteiger partial charge in [0.05, 0.1) is 12.0 Å². The van der Waals surface area contributed by atoms with Gasteiger partial charge in [-0.2, -0.15) is 0 Å². The van der Waals surface area contributed by atoms with E-state index >= 15 is 0 Å². The predicted molar refractivity (Wildman–Crippen MR) is 73.2 cm³/mol. The topological polar surface area (TPSA) is 78.5 Å². The van der Waals surface area contributed by atoms with Crippen LogP contribution in [0.3, 0.4) is 0 Å². The molecule has 0 saturated carbocycles. The Morgan fingerprint density at radius 3 is 2.50 bits per heavy atom. The van der Waals surface area contributed by atoms with Crippen molar-refractivity contribution in [1.82, 2.24) is 5.32 Å². The summed E-state index contributed by atoms with van der Waals surface area (Å²) in [6.45, 7) is 7.03. The average Bonchev–Trinajstić information content (AvgIpc) is 2.37. The number of carbonyl (C=O) groups is 2. The van der Waals surface area contributed by atoms with E-state index in [-0.39, 0.29) is 12.5 Å². The lowest BCUT2D eigenvalue weighted by Crippen LogP contribution is -2.51. The Balaban J connectivity index is 2.59. The third-order valence-electron chi connectivity index (χ3n) is 3.15. The first-order chi connectivity index (χ1) is 9.32. The van der Waals surface area contributed by atoms with Gasteiger partial charge in [0.1, 0.15) is 5.75 Å². The van der Waals surface area contributed by atoms with Gasteiger partial charge in [0.2, 0.25) is 0 Å². The van der Waals surface area contributed by atoms with Gasteiger partial charge in [0.25, 0.3) is 5.91 Å². The van der Waals surface area contributed by atoms with Gasteiger partial charge in [0, 0.05) is 0 Å². The highest BCUT2D eigenvalue weighted by molar-refractivity contribution is 5.83. The largest absolute Gasteiger partial charge is 0.548 e. The molecular formula is C15H20NO4-. The summed E-state index contributed by atoms with van der Waals surface area (Å²) in [6, 6.07) is 4.56. The van der Waals surface area contributed by atoms with Crippen molar-refractivity contribution >= 4 is 11.9 Å². The lowest BCUT2D eigenvalue weighted by Gasteiger charge is -2.23. The number of rotatable bonds is 6. The van der Waals surface area contributed by atoms with Crippen LogP contribution >= 0.6 is 0 Å². The fourth-order valence-electron chi connectivity index (χ4n) is 1.74. The minimum atomic E-state index is -1.29. The number of carbonyl (C=O) groups excluding carboxylic acids is 2. The molecule has 0 bridgehead atoms. The molecule has 0 fully saturated rings. The van der Waals surface area contributed by atoms with E-state index in [1.807, 2.05) is 26.0 Å². The molecule has 110 valence electrons. The number of hydrogen-bond acceptors (Lipinski definition) is 4. The Kier molecular flexibility index (Phi) is 5.55. The molecule has 5 nitrogen and oxygen atoms in total. The van der Waals surface area contributed by atoms with Gasteiger partial charge >= 0.3 is 0 Å². The summed E-state index contributed by atoms with van der Waals surface area (Å²) >= 11 is 0. The van der Waals surface area contributed by atoms with E-state index in [0.29, 0.717) is 5.75 Å². The maximum Gasteiger partial charge on any atom is 0.258 e. The Morgan fingerprint density at radius 2 is 1.95 bits per heavy atom. The number of benzene rings is 1. The van der Waals surface area contributed by atoms with Crippen molar-refractivity contribution < 1.29 is 19.4 Å². The first kappa shape index (κ1) is 16.0. The lowest BCUT2D eigenvalue weighted by atomic mass is 10.1. The highest BCUT2D eigenvalue weighted by Crippen LogP contribution is 2.20. The summed E-state index contributed by atoms with van der Waals surface area (Å²) in [6.07, 6.45) is 0. The molecule has 20 heavy (non-hydrogen) atoms. The molecule has 1 amide bonds. The van der Waals surface area contributed by atoms with Gasteiger partial charge in [-0.3, -0.25) is 4.79 Å². The second-order valence-corrected chi connectivity index (χ2v) is 5.09. The highest BCUT2D eigenvalue weighted by Gasteiger charge is 2.17. The van der Waals surface area contributed by atoms with Crippen LogP contribution in [0.1, 0.15) is 25.0 Å². The van der Waals surface area contributed by atoms with Crippen LogP contribution in [0.2, 0.25) is 0 Å². The van der Waals surface area contributed by atoms with Crippen LogP contribution in [0.5, 0.6) is 5.75 Å². The zero-order chi connectivity index (χ0) is 15.3. The molecule has 0 radical (unpaired) electrons. The number of carboxylic acid groups (broad SMARTS) is 1. The number of carboxylic acids is 1. The number of nitrogens with one attached hydrogen (secondary N) is 1. The van der Waals surface area contributed by atoms with Gasteiger partial charge in [-0.15, -0.1) is 0 Å². The molecule has 1 aromatic carbocycles. The molecule has 0 unspecified atom stereocenters. The molecule has 0 aliphatic heterocycles. The van der Waals surface area contributed by atoms with E-state index in [2.05, 4.69) is 5.32 Å². The normalized spacial score (nSPS) is 12.1. The second-order valence-electron chi connectivity index (χ2n) is 5.09. The Morgan fingerprint density at radius 1 is 1.30 bits per heavy atom. The molecule has 1 atom stereocenters. The van der Waals surface area contributed by atoms with Gasteiger partial charge in [-0.25, -0.2) is 0 Å². The van der Waals surface area contributed by atoms with E-state index < -0.39 is 17.9 Å².